The van der Waals surface area contributed by atoms with Gasteiger partial charge in [-0.15, -0.1) is 0 Å². The number of anilines is 1. The van der Waals surface area contributed by atoms with Crippen LogP contribution in [0.1, 0.15) is 19.3 Å². The number of fused-ring (bicyclic) bond motifs is 1. The van der Waals surface area contributed by atoms with Crippen LogP contribution < -0.4 is 11.1 Å². The number of nitro benzene ring substituents is 1. The molecule has 0 radical (unpaired) electrons. The number of carbonyl (C=O) groups excluding carboxylic acids is 1. The Bertz CT molecular complexity index is 607. The number of benzene rings is 1. The standard InChI is InChI=1S/C16H22N4O3/c17-13-5-3-4-11-8-19(9-12(11)13)10-16(21)18-14-6-1-2-7-15(14)20(22)23/h1-2,6-7,11-13H,3-5,8-10,17H2,(H,18,21). The molecule has 3 N–H and O–H groups in total. The van der Waals surface area contributed by atoms with E-state index in [1.165, 1.54) is 18.9 Å². The van der Waals surface area contributed by atoms with Crippen molar-refractivity contribution in [2.75, 3.05) is 25.0 Å². The fourth-order valence-corrected chi connectivity index (χ4v) is 3.87. The minimum absolute atomic E-state index is 0.0852. The van der Waals surface area contributed by atoms with Crippen LogP contribution in [0.5, 0.6) is 0 Å². The molecule has 2 fully saturated rings. The second-order valence-corrected chi connectivity index (χ2v) is 6.54. The molecule has 0 spiro atoms. The summed E-state index contributed by atoms with van der Waals surface area (Å²) in [7, 11) is 0. The lowest BCUT2D eigenvalue weighted by Crippen LogP contribution is -2.38. The average molecular weight is 318 g/mol. The van der Waals surface area contributed by atoms with Crippen molar-refractivity contribution in [1.29, 1.82) is 0 Å². The molecule has 0 aromatic heterocycles. The number of hydrogen-bond donors (Lipinski definition) is 2. The zero-order valence-electron chi connectivity index (χ0n) is 13.0. The summed E-state index contributed by atoms with van der Waals surface area (Å²) in [6, 6.07) is 6.43. The van der Waals surface area contributed by atoms with Gasteiger partial charge in [-0.05, 0) is 30.7 Å². The molecule has 3 atom stereocenters. The molecular weight excluding hydrogens is 296 g/mol. The molecule has 7 nitrogen and oxygen atoms in total. The lowest BCUT2D eigenvalue weighted by molar-refractivity contribution is -0.383. The van der Waals surface area contributed by atoms with Crippen LogP contribution in [0.3, 0.4) is 0 Å². The number of amides is 1. The van der Waals surface area contributed by atoms with E-state index in [1.54, 1.807) is 18.2 Å². The Kier molecular flexibility index (Phi) is 4.58. The van der Waals surface area contributed by atoms with Gasteiger partial charge >= 0.3 is 0 Å². The van der Waals surface area contributed by atoms with Crippen molar-refractivity contribution in [3.63, 3.8) is 0 Å². The van der Waals surface area contributed by atoms with E-state index in [1.807, 2.05) is 0 Å². The molecule has 3 unspecified atom stereocenters. The van der Waals surface area contributed by atoms with E-state index in [0.717, 1.165) is 19.5 Å². The van der Waals surface area contributed by atoms with E-state index < -0.39 is 4.92 Å². The predicted molar refractivity (Wildman–Crippen MR) is 87.0 cm³/mol. The average Bonchev–Trinajstić information content (AvgIpc) is 2.91. The number of likely N-dealkylation sites (tertiary alicyclic amines) is 1. The zero-order valence-corrected chi connectivity index (χ0v) is 13.0. The number of nitrogens with zero attached hydrogens (tertiary/aromatic N) is 2. The first kappa shape index (κ1) is 15.9. The maximum atomic E-state index is 12.2. The van der Waals surface area contributed by atoms with E-state index in [2.05, 4.69) is 10.2 Å². The molecule has 1 aliphatic carbocycles. The van der Waals surface area contributed by atoms with E-state index in [9.17, 15) is 14.9 Å². The van der Waals surface area contributed by atoms with Crippen molar-refractivity contribution in [3.05, 3.63) is 34.4 Å². The van der Waals surface area contributed by atoms with Crippen molar-refractivity contribution >= 4 is 17.3 Å². The second-order valence-electron chi connectivity index (χ2n) is 6.54. The van der Waals surface area contributed by atoms with Gasteiger partial charge in [0.25, 0.3) is 5.69 Å². The third-order valence-electron chi connectivity index (χ3n) is 4.97. The minimum atomic E-state index is -0.487. The summed E-state index contributed by atoms with van der Waals surface area (Å²) in [5.41, 5.74) is 6.35. The number of nitro groups is 1. The molecule has 1 saturated heterocycles. The van der Waals surface area contributed by atoms with Crippen LogP contribution >= 0.6 is 0 Å². The van der Waals surface area contributed by atoms with E-state index in [0.29, 0.717) is 11.8 Å². The quantitative estimate of drug-likeness (QED) is 0.648. The van der Waals surface area contributed by atoms with Crippen LogP contribution in [-0.4, -0.2) is 41.4 Å². The molecule has 3 rings (SSSR count). The second kappa shape index (κ2) is 6.64. The van der Waals surface area contributed by atoms with Crippen LogP contribution in [0.25, 0.3) is 0 Å². The fourth-order valence-electron chi connectivity index (χ4n) is 3.87. The summed E-state index contributed by atoms with van der Waals surface area (Å²) in [6.45, 7) is 1.99. The first-order valence-electron chi connectivity index (χ1n) is 8.06. The zero-order chi connectivity index (χ0) is 16.4. The Morgan fingerprint density at radius 3 is 2.87 bits per heavy atom. The lowest BCUT2D eigenvalue weighted by Gasteiger charge is -2.29. The number of carbonyl (C=O) groups is 1. The van der Waals surface area contributed by atoms with Gasteiger partial charge in [0.05, 0.1) is 11.5 Å². The van der Waals surface area contributed by atoms with Crippen LogP contribution in [0, 0.1) is 22.0 Å². The monoisotopic (exact) mass is 318 g/mol. The fraction of sp³-hybridized carbons (Fsp3) is 0.562. The Labute approximate surface area is 135 Å². The van der Waals surface area contributed by atoms with Crippen molar-refractivity contribution in [2.45, 2.75) is 25.3 Å². The lowest BCUT2D eigenvalue weighted by atomic mass is 9.78. The van der Waals surface area contributed by atoms with Gasteiger partial charge in [0.15, 0.2) is 0 Å². The molecule has 1 heterocycles. The van der Waals surface area contributed by atoms with Crippen LogP contribution in [0.4, 0.5) is 11.4 Å². The van der Waals surface area contributed by atoms with Gasteiger partial charge in [0.1, 0.15) is 5.69 Å². The summed E-state index contributed by atoms with van der Waals surface area (Å²) in [5, 5.41) is 13.6. The molecular formula is C16H22N4O3. The van der Waals surface area contributed by atoms with E-state index in [-0.39, 0.29) is 29.9 Å². The number of nitrogens with one attached hydrogen (secondary N) is 1. The highest BCUT2D eigenvalue weighted by Gasteiger charge is 2.39. The normalized spacial score (nSPS) is 27.4. The minimum Gasteiger partial charge on any atom is -0.327 e. The SMILES string of the molecule is NC1CCCC2CN(CC(=O)Nc3ccccc3[N+](=O)[O-])CC12. The first-order valence-corrected chi connectivity index (χ1v) is 8.06. The Balaban J connectivity index is 1.59. The van der Waals surface area contributed by atoms with Gasteiger partial charge in [-0.1, -0.05) is 18.6 Å². The third-order valence-corrected chi connectivity index (χ3v) is 4.97. The highest BCUT2D eigenvalue weighted by atomic mass is 16.6. The third kappa shape index (κ3) is 3.51. The van der Waals surface area contributed by atoms with Gasteiger partial charge in [-0.2, -0.15) is 0 Å². The summed E-state index contributed by atoms with van der Waals surface area (Å²) in [4.78, 5) is 24.8. The van der Waals surface area contributed by atoms with Gasteiger partial charge < -0.3 is 11.1 Å². The maximum Gasteiger partial charge on any atom is 0.292 e. The summed E-state index contributed by atoms with van der Waals surface area (Å²) in [5.74, 6) is 0.840. The van der Waals surface area contributed by atoms with Gasteiger partial charge in [-0.3, -0.25) is 19.8 Å². The first-order chi connectivity index (χ1) is 11.0. The number of hydrogen-bond acceptors (Lipinski definition) is 5. The van der Waals surface area contributed by atoms with E-state index in [4.69, 9.17) is 5.73 Å². The largest absolute Gasteiger partial charge is 0.327 e. The Morgan fingerprint density at radius 2 is 2.13 bits per heavy atom. The highest BCUT2D eigenvalue weighted by Crippen LogP contribution is 2.35. The number of para-hydroxylation sites is 2. The van der Waals surface area contributed by atoms with Gasteiger partial charge in [0.2, 0.25) is 5.91 Å². The summed E-state index contributed by atoms with van der Waals surface area (Å²) >= 11 is 0. The molecule has 0 bridgehead atoms. The molecule has 23 heavy (non-hydrogen) atoms. The topological polar surface area (TPSA) is 102 Å². The predicted octanol–water partition coefficient (Wildman–Crippen LogP) is 1.59. The summed E-state index contributed by atoms with van der Waals surface area (Å²) in [6.07, 6.45) is 3.41. The van der Waals surface area contributed by atoms with Crippen molar-refractivity contribution in [3.8, 4) is 0 Å². The van der Waals surface area contributed by atoms with Gasteiger partial charge in [-0.25, -0.2) is 0 Å². The van der Waals surface area contributed by atoms with Gasteiger partial charge in [0, 0.05) is 25.2 Å². The maximum absolute atomic E-state index is 12.2. The molecule has 1 saturated carbocycles. The Morgan fingerprint density at radius 1 is 1.35 bits per heavy atom. The number of nitrogens with two attached hydrogens (primary N) is 1. The van der Waals surface area contributed by atoms with Crippen molar-refractivity contribution in [2.24, 2.45) is 17.6 Å². The van der Waals surface area contributed by atoms with Crippen LogP contribution in [-0.2, 0) is 4.79 Å². The van der Waals surface area contributed by atoms with Crippen LogP contribution in [0.2, 0.25) is 0 Å². The van der Waals surface area contributed by atoms with Crippen molar-refractivity contribution < 1.29 is 9.72 Å². The molecule has 1 aromatic carbocycles. The molecule has 7 heteroatoms. The molecule has 1 aliphatic heterocycles. The van der Waals surface area contributed by atoms with Crippen molar-refractivity contribution in [1.82, 2.24) is 4.90 Å². The smallest absolute Gasteiger partial charge is 0.292 e. The Hall–Kier alpha value is -1.99. The molecule has 124 valence electrons. The van der Waals surface area contributed by atoms with E-state index >= 15 is 0 Å². The molecule has 1 aromatic rings. The molecule has 1 amide bonds. The summed E-state index contributed by atoms with van der Waals surface area (Å²) < 4.78 is 0. The highest BCUT2D eigenvalue weighted by molar-refractivity contribution is 5.94. The van der Waals surface area contributed by atoms with Crippen LogP contribution in [0.15, 0.2) is 24.3 Å². The number of rotatable bonds is 4. The molecule has 2 aliphatic rings.